The highest BCUT2D eigenvalue weighted by atomic mass is 16.5. The van der Waals surface area contributed by atoms with Gasteiger partial charge in [0.25, 0.3) is 0 Å². The summed E-state index contributed by atoms with van der Waals surface area (Å²) in [5.74, 6) is 2.00. The van der Waals surface area contributed by atoms with E-state index in [9.17, 15) is 9.59 Å². The van der Waals surface area contributed by atoms with E-state index in [1.165, 1.54) is 0 Å². The average molecular weight is 548 g/mol. The van der Waals surface area contributed by atoms with E-state index in [0.29, 0.717) is 60.7 Å². The quantitative estimate of drug-likeness (QED) is 0.252. The molecule has 0 saturated heterocycles. The molecule has 0 spiro atoms. The lowest BCUT2D eigenvalue weighted by Gasteiger charge is -2.38. The number of amides is 1. The number of nitrogens with zero attached hydrogens (tertiary/aromatic N) is 1. The van der Waals surface area contributed by atoms with Gasteiger partial charge in [0, 0.05) is 5.69 Å². The number of carbonyl (C=O) groups excluding carboxylic acids is 2. The lowest BCUT2D eigenvalue weighted by molar-refractivity contribution is -0.118. The van der Waals surface area contributed by atoms with Gasteiger partial charge in [0.15, 0.2) is 23.0 Å². The lowest BCUT2D eigenvalue weighted by Crippen LogP contribution is -2.41. The van der Waals surface area contributed by atoms with Crippen LogP contribution in [-0.4, -0.2) is 44.9 Å². The highest BCUT2D eigenvalue weighted by molar-refractivity contribution is 5.99. The summed E-state index contributed by atoms with van der Waals surface area (Å²) >= 11 is 0. The first kappa shape index (κ1) is 28.8. The summed E-state index contributed by atoms with van der Waals surface area (Å²) in [7, 11) is 0. The van der Waals surface area contributed by atoms with Crippen molar-refractivity contribution in [2.24, 2.45) is 0 Å². The molecule has 1 aliphatic heterocycles. The number of hydrogen-bond acceptors (Lipinski definition) is 7. The van der Waals surface area contributed by atoms with Crippen molar-refractivity contribution in [3.05, 3.63) is 76.9 Å². The molecule has 1 amide bonds. The summed E-state index contributed by atoms with van der Waals surface area (Å²) in [4.78, 5) is 27.9. The molecule has 1 heterocycles. The second-order valence-corrected chi connectivity index (χ2v) is 9.05. The van der Waals surface area contributed by atoms with Gasteiger partial charge in [-0.25, -0.2) is 4.79 Å². The predicted octanol–water partition coefficient (Wildman–Crippen LogP) is 6.14. The molecule has 3 aromatic carbocycles. The third-order valence-corrected chi connectivity index (χ3v) is 6.51. The molecule has 0 bridgehead atoms. The summed E-state index contributed by atoms with van der Waals surface area (Å²) in [6.07, 6.45) is 0.188. The third kappa shape index (κ3) is 6.01. The zero-order valence-corrected chi connectivity index (χ0v) is 23.8. The molecule has 40 heavy (non-hydrogen) atoms. The Labute approximate surface area is 235 Å². The maximum Gasteiger partial charge on any atom is 0.338 e. The van der Waals surface area contributed by atoms with E-state index in [-0.39, 0.29) is 18.9 Å². The molecule has 1 aliphatic rings. The van der Waals surface area contributed by atoms with E-state index in [1.807, 2.05) is 58.0 Å². The Kier molecular flexibility index (Phi) is 9.53. The number of benzene rings is 3. The first-order chi connectivity index (χ1) is 19.4. The van der Waals surface area contributed by atoms with Gasteiger partial charge in [0.1, 0.15) is 0 Å². The van der Waals surface area contributed by atoms with E-state index >= 15 is 0 Å². The average Bonchev–Trinajstić information content (AvgIpc) is 2.95. The van der Waals surface area contributed by atoms with E-state index in [1.54, 1.807) is 36.1 Å². The van der Waals surface area contributed by atoms with E-state index in [4.69, 9.17) is 23.7 Å². The second kappa shape index (κ2) is 13.2. The zero-order chi connectivity index (χ0) is 28.6. The zero-order valence-electron chi connectivity index (χ0n) is 23.8. The smallest absolute Gasteiger partial charge is 0.338 e. The topological polar surface area (TPSA) is 83.5 Å². The number of hydrogen-bond donors (Lipinski definition) is 0. The monoisotopic (exact) mass is 547 g/mol. The van der Waals surface area contributed by atoms with Gasteiger partial charge in [0.2, 0.25) is 5.91 Å². The Morgan fingerprint density at radius 3 is 1.90 bits per heavy atom. The summed E-state index contributed by atoms with van der Waals surface area (Å²) in [5.41, 5.74) is 3.72. The van der Waals surface area contributed by atoms with Crippen LogP contribution in [0.15, 0.2) is 54.6 Å². The SMILES string of the molecule is CCOC(=O)c1ccc(N2C(=O)Cc3cc(OCC)c(OCC)cc3[C@H]2c2ccc(OCC)c(OCC)c2)cc1. The fraction of sp³-hybridized carbons (Fsp3) is 0.375. The molecule has 3 aromatic rings. The molecule has 0 N–H and O–H groups in total. The maximum absolute atomic E-state index is 13.8. The Morgan fingerprint density at radius 1 is 0.725 bits per heavy atom. The number of anilines is 1. The van der Waals surface area contributed by atoms with Crippen molar-refractivity contribution in [3.63, 3.8) is 0 Å². The van der Waals surface area contributed by atoms with Crippen LogP contribution in [0.25, 0.3) is 0 Å². The van der Waals surface area contributed by atoms with Gasteiger partial charge in [-0.2, -0.15) is 0 Å². The first-order valence-electron chi connectivity index (χ1n) is 13.9. The summed E-state index contributed by atoms with van der Waals surface area (Å²) in [6, 6.07) is 16.1. The molecule has 8 nitrogen and oxygen atoms in total. The van der Waals surface area contributed by atoms with Crippen molar-refractivity contribution in [1.29, 1.82) is 0 Å². The van der Waals surface area contributed by atoms with Gasteiger partial charge in [-0.1, -0.05) is 6.07 Å². The molecule has 8 heteroatoms. The van der Waals surface area contributed by atoms with Crippen LogP contribution in [0.4, 0.5) is 5.69 Å². The maximum atomic E-state index is 13.8. The molecular weight excluding hydrogens is 510 g/mol. The Morgan fingerprint density at radius 2 is 1.30 bits per heavy atom. The predicted molar refractivity (Wildman–Crippen MR) is 153 cm³/mol. The number of ether oxygens (including phenoxy) is 5. The Hall–Kier alpha value is -4.20. The van der Waals surface area contributed by atoms with Crippen LogP contribution in [-0.2, 0) is 16.0 Å². The van der Waals surface area contributed by atoms with Crippen LogP contribution in [0.3, 0.4) is 0 Å². The van der Waals surface area contributed by atoms with Crippen LogP contribution in [0.2, 0.25) is 0 Å². The molecule has 0 saturated carbocycles. The van der Waals surface area contributed by atoms with Crippen LogP contribution < -0.4 is 23.8 Å². The number of carbonyl (C=O) groups is 2. The number of rotatable bonds is 12. The van der Waals surface area contributed by atoms with Gasteiger partial charge in [-0.05, 0) is 99.8 Å². The Bertz CT molecular complexity index is 1340. The number of fused-ring (bicyclic) bond motifs is 1. The van der Waals surface area contributed by atoms with Crippen molar-refractivity contribution in [2.45, 2.75) is 47.1 Å². The molecule has 0 aromatic heterocycles. The first-order valence-corrected chi connectivity index (χ1v) is 13.9. The second-order valence-electron chi connectivity index (χ2n) is 9.05. The molecule has 0 radical (unpaired) electrons. The minimum absolute atomic E-state index is 0.0835. The minimum Gasteiger partial charge on any atom is -0.490 e. The van der Waals surface area contributed by atoms with Gasteiger partial charge in [-0.3, -0.25) is 4.79 Å². The summed E-state index contributed by atoms with van der Waals surface area (Å²) in [5, 5.41) is 0. The molecule has 0 unspecified atom stereocenters. The largest absolute Gasteiger partial charge is 0.490 e. The van der Waals surface area contributed by atoms with E-state index < -0.39 is 12.0 Å². The summed E-state index contributed by atoms with van der Waals surface area (Å²) in [6.45, 7) is 11.7. The highest BCUT2D eigenvalue weighted by Crippen LogP contribution is 2.45. The van der Waals surface area contributed by atoms with Crippen molar-refractivity contribution in [1.82, 2.24) is 0 Å². The van der Waals surface area contributed by atoms with Crippen molar-refractivity contribution >= 4 is 17.6 Å². The molecular formula is C32H37NO7. The van der Waals surface area contributed by atoms with E-state index in [2.05, 4.69) is 0 Å². The molecule has 0 aliphatic carbocycles. The van der Waals surface area contributed by atoms with Crippen molar-refractivity contribution < 1.29 is 33.3 Å². The number of esters is 1. The standard InChI is InChI=1S/C32H37NO7/c1-6-36-26-16-13-22(17-27(26)37-7-2)31-25-20-29(39-9-4)28(38-8-3)18-23(25)19-30(34)33(31)24-14-11-21(12-15-24)32(35)40-10-5/h11-18,20,31H,6-10,19H2,1-5H3/t31-/m1/s1. The van der Waals surface area contributed by atoms with Crippen molar-refractivity contribution in [2.75, 3.05) is 37.9 Å². The Balaban J connectivity index is 1.89. The fourth-order valence-corrected chi connectivity index (χ4v) is 4.93. The van der Waals surface area contributed by atoms with Gasteiger partial charge >= 0.3 is 5.97 Å². The molecule has 0 fully saturated rings. The van der Waals surface area contributed by atoms with Crippen LogP contribution in [0.1, 0.15) is 67.7 Å². The van der Waals surface area contributed by atoms with Crippen LogP contribution in [0.5, 0.6) is 23.0 Å². The van der Waals surface area contributed by atoms with Gasteiger partial charge < -0.3 is 28.6 Å². The molecule has 212 valence electrons. The fourth-order valence-electron chi connectivity index (χ4n) is 4.93. The highest BCUT2D eigenvalue weighted by Gasteiger charge is 2.36. The summed E-state index contributed by atoms with van der Waals surface area (Å²) < 4.78 is 28.7. The van der Waals surface area contributed by atoms with E-state index in [0.717, 1.165) is 16.7 Å². The lowest BCUT2D eigenvalue weighted by atomic mass is 9.86. The normalized spacial score (nSPS) is 14.4. The minimum atomic E-state index is -0.491. The van der Waals surface area contributed by atoms with Crippen LogP contribution >= 0.6 is 0 Å². The van der Waals surface area contributed by atoms with Crippen LogP contribution in [0, 0.1) is 0 Å². The van der Waals surface area contributed by atoms with Gasteiger partial charge in [0.05, 0.1) is 51.1 Å². The van der Waals surface area contributed by atoms with Crippen molar-refractivity contribution in [3.8, 4) is 23.0 Å². The van der Waals surface area contributed by atoms with Gasteiger partial charge in [-0.15, -0.1) is 0 Å². The third-order valence-electron chi connectivity index (χ3n) is 6.51. The molecule has 4 rings (SSSR count). The molecule has 1 atom stereocenters.